The topological polar surface area (TPSA) is 66.8 Å². The number of rotatable bonds is 4. The molecule has 1 aliphatic heterocycles. The molecule has 2 aromatic rings. The van der Waals surface area contributed by atoms with Gasteiger partial charge in [0.15, 0.2) is 5.82 Å². The number of aromatic nitrogens is 4. The zero-order valence-corrected chi connectivity index (χ0v) is 13.1. The van der Waals surface area contributed by atoms with Crippen molar-refractivity contribution in [1.82, 2.24) is 24.8 Å². The van der Waals surface area contributed by atoms with Crippen molar-refractivity contribution in [1.29, 1.82) is 0 Å². The predicted molar refractivity (Wildman–Crippen MR) is 86.0 cm³/mol. The molecule has 6 nitrogen and oxygen atoms in total. The van der Waals surface area contributed by atoms with E-state index in [2.05, 4.69) is 44.0 Å². The molecule has 1 aliphatic rings. The molecule has 2 aromatic heterocycles. The summed E-state index contributed by atoms with van der Waals surface area (Å²) in [4.78, 5) is 19.7. The Morgan fingerprint density at radius 3 is 2.91 bits per heavy atom. The van der Waals surface area contributed by atoms with Crippen LogP contribution in [0.4, 0.5) is 11.8 Å². The van der Waals surface area contributed by atoms with Crippen LogP contribution >= 0.6 is 0 Å². The highest BCUT2D eigenvalue weighted by Crippen LogP contribution is 2.27. The van der Waals surface area contributed by atoms with Gasteiger partial charge in [-0.15, -0.1) is 0 Å². The van der Waals surface area contributed by atoms with Crippen LogP contribution < -0.4 is 5.32 Å². The molecule has 1 saturated heterocycles. The first kappa shape index (κ1) is 14.8. The van der Waals surface area contributed by atoms with Gasteiger partial charge in [-0.25, -0.2) is 15.0 Å². The lowest BCUT2D eigenvalue weighted by Crippen LogP contribution is -2.39. The normalized spacial score (nSPS) is 19.3. The zero-order valence-electron chi connectivity index (χ0n) is 13.1. The molecule has 22 heavy (non-hydrogen) atoms. The molecule has 6 heteroatoms. The summed E-state index contributed by atoms with van der Waals surface area (Å²) >= 11 is 0. The SMILES string of the molecule is CC(C)N1CCC[C@H](c2ccnc(Nc3cnccn3)n2)C1. The van der Waals surface area contributed by atoms with Gasteiger partial charge in [-0.1, -0.05) is 0 Å². The van der Waals surface area contributed by atoms with Gasteiger partial charge in [-0.2, -0.15) is 0 Å². The number of nitrogens with zero attached hydrogens (tertiary/aromatic N) is 5. The fourth-order valence-electron chi connectivity index (χ4n) is 2.86. The molecule has 116 valence electrons. The largest absolute Gasteiger partial charge is 0.307 e. The van der Waals surface area contributed by atoms with Gasteiger partial charge in [0.1, 0.15) is 0 Å². The quantitative estimate of drug-likeness (QED) is 0.936. The highest BCUT2D eigenvalue weighted by atomic mass is 15.2. The minimum absolute atomic E-state index is 0.474. The molecule has 3 heterocycles. The molecule has 0 saturated carbocycles. The van der Waals surface area contributed by atoms with Gasteiger partial charge in [0.2, 0.25) is 5.95 Å². The van der Waals surface area contributed by atoms with Crippen LogP contribution in [-0.2, 0) is 0 Å². The van der Waals surface area contributed by atoms with Gasteiger partial charge in [0.25, 0.3) is 0 Å². The van der Waals surface area contributed by atoms with E-state index in [0.29, 0.717) is 23.7 Å². The van der Waals surface area contributed by atoms with Crippen molar-refractivity contribution in [3.8, 4) is 0 Å². The molecular formula is C16H22N6. The molecule has 0 aromatic carbocycles. The summed E-state index contributed by atoms with van der Waals surface area (Å²) in [6, 6.07) is 2.61. The number of hydrogen-bond acceptors (Lipinski definition) is 6. The first-order valence-corrected chi connectivity index (χ1v) is 7.82. The van der Waals surface area contributed by atoms with Gasteiger partial charge in [0, 0.05) is 37.1 Å². The van der Waals surface area contributed by atoms with Crippen LogP contribution in [0.25, 0.3) is 0 Å². The second kappa shape index (κ2) is 6.79. The summed E-state index contributed by atoms with van der Waals surface area (Å²) in [5.74, 6) is 1.72. The Bertz CT molecular complexity index is 601. The van der Waals surface area contributed by atoms with E-state index >= 15 is 0 Å². The molecule has 3 rings (SSSR count). The van der Waals surface area contributed by atoms with Crippen LogP contribution in [0, 0.1) is 0 Å². The van der Waals surface area contributed by atoms with Crippen molar-refractivity contribution < 1.29 is 0 Å². The van der Waals surface area contributed by atoms with E-state index in [-0.39, 0.29) is 0 Å². The standard InChI is InChI=1S/C16H22N6/c1-12(2)22-9-3-4-13(11-22)14-5-6-19-16(20-14)21-15-10-17-7-8-18-15/h5-8,10,12-13H,3-4,9,11H2,1-2H3,(H,18,19,20,21)/t13-/m0/s1. The lowest BCUT2D eigenvalue weighted by atomic mass is 9.94. The Morgan fingerprint density at radius 1 is 1.23 bits per heavy atom. The summed E-state index contributed by atoms with van der Waals surface area (Å²) in [5, 5.41) is 3.11. The average molecular weight is 298 g/mol. The molecule has 0 amide bonds. The van der Waals surface area contributed by atoms with Crippen LogP contribution in [0.3, 0.4) is 0 Å². The van der Waals surface area contributed by atoms with E-state index in [4.69, 9.17) is 0 Å². The summed E-state index contributed by atoms with van der Waals surface area (Å²) < 4.78 is 0. The van der Waals surface area contributed by atoms with Crippen LogP contribution in [0.1, 0.15) is 38.3 Å². The number of likely N-dealkylation sites (tertiary alicyclic amines) is 1. The van der Waals surface area contributed by atoms with E-state index in [1.807, 2.05) is 12.3 Å². The van der Waals surface area contributed by atoms with Crippen LogP contribution in [0.15, 0.2) is 30.9 Å². The Labute approximate surface area is 131 Å². The highest BCUT2D eigenvalue weighted by molar-refractivity contribution is 5.45. The van der Waals surface area contributed by atoms with Crippen molar-refractivity contribution in [2.24, 2.45) is 0 Å². The van der Waals surface area contributed by atoms with Gasteiger partial charge in [-0.3, -0.25) is 4.98 Å². The lowest BCUT2D eigenvalue weighted by molar-refractivity contribution is 0.166. The second-order valence-electron chi connectivity index (χ2n) is 5.95. The average Bonchev–Trinajstić information content (AvgIpc) is 2.56. The van der Waals surface area contributed by atoms with E-state index in [1.54, 1.807) is 18.6 Å². The maximum atomic E-state index is 4.67. The van der Waals surface area contributed by atoms with Crippen molar-refractivity contribution in [2.45, 2.75) is 38.6 Å². The molecule has 0 spiro atoms. The number of anilines is 2. The first-order chi connectivity index (χ1) is 10.7. The van der Waals surface area contributed by atoms with Gasteiger partial charge in [0.05, 0.1) is 11.9 Å². The number of hydrogen-bond donors (Lipinski definition) is 1. The van der Waals surface area contributed by atoms with Gasteiger partial charge >= 0.3 is 0 Å². The third-order valence-electron chi connectivity index (χ3n) is 4.08. The lowest BCUT2D eigenvalue weighted by Gasteiger charge is -2.35. The zero-order chi connectivity index (χ0) is 15.4. The third kappa shape index (κ3) is 3.57. The van der Waals surface area contributed by atoms with Gasteiger partial charge in [-0.05, 0) is 39.3 Å². The highest BCUT2D eigenvalue weighted by Gasteiger charge is 2.24. The molecule has 0 radical (unpaired) electrons. The number of piperidine rings is 1. The molecule has 1 atom stereocenters. The molecule has 0 aliphatic carbocycles. The maximum Gasteiger partial charge on any atom is 0.228 e. The Morgan fingerprint density at radius 2 is 2.14 bits per heavy atom. The molecule has 1 fully saturated rings. The van der Waals surface area contributed by atoms with E-state index in [0.717, 1.165) is 12.2 Å². The maximum absolute atomic E-state index is 4.67. The predicted octanol–water partition coefficient (Wildman–Crippen LogP) is 2.60. The minimum Gasteiger partial charge on any atom is -0.307 e. The van der Waals surface area contributed by atoms with Crippen LogP contribution in [0.2, 0.25) is 0 Å². The summed E-state index contributed by atoms with van der Waals surface area (Å²) in [5.41, 5.74) is 1.10. The first-order valence-electron chi connectivity index (χ1n) is 7.82. The monoisotopic (exact) mass is 298 g/mol. The molecule has 1 N–H and O–H groups in total. The fourth-order valence-corrected chi connectivity index (χ4v) is 2.86. The van der Waals surface area contributed by atoms with Crippen molar-refractivity contribution in [3.63, 3.8) is 0 Å². The van der Waals surface area contributed by atoms with Crippen molar-refractivity contribution >= 4 is 11.8 Å². The molecule has 0 bridgehead atoms. The van der Waals surface area contributed by atoms with Crippen LogP contribution in [0.5, 0.6) is 0 Å². The van der Waals surface area contributed by atoms with E-state index < -0.39 is 0 Å². The van der Waals surface area contributed by atoms with Crippen LogP contribution in [-0.4, -0.2) is 44.0 Å². The summed E-state index contributed by atoms with van der Waals surface area (Å²) in [6.45, 7) is 6.76. The Hall–Kier alpha value is -2.08. The van der Waals surface area contributed by atoms with E-state index in [9.17, 15) is 0 Å². The van der Waals surface area contributed by atoms with Crippen molar-refractivity contribution in [3.05, 3.63) is 36.5 Å². The molecule has 0 unspecified atom stereocenters. The van der Waals surface area contributed by atoms with E-state index in [1.165, 1.54) is 19.4 Å². The van der Waals surface area contributed by atoms with Gasteiger partial charge < -0.3 is 10.2 Å². The summed E-state index contributed by atoms with van der Waals surface area (Å²) in [7, 11) is 0. The third-order valence-corrected chi connectivity index (χ3v) is 4.08. The fraction of sp³-hybridized carbons (Fsp3) is 0.500. The Kier molecular flexibility index (Phi) is 4.58. The number of nitrogens with one attached hydrogen (secondary N) is 1. The smallest absolute Gasteiger partial charge is 0.228 e. The Balaban J connectivity index is 1.73. The summed E-state index contributed by atoms with van der Waals surface area (Å²) in [6.07, 6.45) is 9.18. The molecular weight excluding hydrogens is 276 g/mol. The minimum atomic E-state index is 0.474. The second-order valence-corrected chi connectivity index (χ2v) is 5.95. The van der Waals surface area contributed by atoms with Crippen molar-refractivity contribution in [2.75, 3.05) is 18.4 Å².